The molecular formula is C13H18Cl2N2O2. The van der Waals surface area contributed by atoms with Crippen LogP contribution in [0.15, 0.2) is 18.2 Å². The minimum atomic E-state index is -0.317. The van der Waals surface area contributed by atoms with E-state index < -0.39 is 0 Å². The second-order valence-electron chi connectivity index (χ2n) is 4.71. The van der Waals surface area contributed by atoms with Crippen LogP contribution >= 0.6 is 23.2 Å². The fourth-order valence-corrected chi connectivity index (χ4v) is 1.84. The lowest BCUT2D eigenvalue weighted by atomic mass is 10.1. The van der Waals surface area contributed by atoms with Crippen LogP contribution in [0.4, 0.5) is 5.69 Å². The zero-order chi connectivity index (χ0) is 14.5. The number of rotatable bonds is 6. The maximum absolute atomic E-state index is 11.8. The Morgan fingerprint density at radius 2 is 1.89 bits per heavy atom. The third-order valence-corrected chi connectivity index (χ3v) is 3.25. The van der Waals surface area contributed by atoms with Gasteiger partial charge in [-0.1, -0.05) is 29.3 Å². The van der Waals surface area contributed by atoms with Crippen LogP contribution in [-0.2, 0) is 9.53 Å². The molecule has 106 valence electrons. The normalized spacial score (nSPS) is 11.4. The number of ether oxygens (including phenoxy) is 1. The summed E-state index contributed by atoms with van der Waals surface area (Å²) in [5, 5.41) is 6.52. The molecule has 0 aliphatic carbocycles. The molecule has 0 atom stereocenters. The monoisotopic (exact) mass is 304 g/mol. The van der Waals surface area contributed by atoms with Gasteiger partial charge in [0.25, 0.3) is 0 Å². The number of amides is 1. The molecule has 0 fully saturated rings. The van der Waals surface area contributed by atoms with Gasteiger partial charge in [0, 0.05) is 13.7 Å². The third-order valence-electron chi connectivity index (χ3n) is 2.62. The fourth-order valence-electron chi connectivity index (χ4n) is 1.35. The standard InChI is InChI=1S/C13H18Cl2N2O2/c1-13(2,19-3)8-16-7-11(18)17-12-9(14)5-4-6-10(12)15/h4-6,16H,7-8H2,1-3H3,(H,17,18). The predicted octanol–water partition coefficient (Wildman–Crippen LogP) is 2.95. The van der Waals surface area contributed by atoms with Gasteiger partial charge in [0.15, 0.2) is 0 Å². The van der Waals surface area contributed by atoms with Crippen molar-refractivity contribution in [3.63, 3.8) is 0 Å². The third kappa shape index (κ3) is 5.37. The Morgan fingerprint density at radius 3 is 2.42 bits per heavy atom. The predicted molar refractivity (Wildman–Crippen MR) is 79.0 cm³/mol. The van der Waals surface area contributed by atoms with Crippen molar-refractivity contribution in [2.24, 2.45) is 0 Å². The first-order chi connectivity index (χ1) is 8.85. The summed E-state index contributed by atoms with van der Waals surface area (Å²) in [6.45, 7) is 4.59. The van der Waals surface area contributed by atoms with E-state index >= 15 is 0 Å². The summed E-state index contributed by atoms with van der Waals surface area (Å²) >= 11 is 11.9. The molecule has 0 heterocycles. The van der Waals surface area contributed by atoms with Crippen molar-refractivity contribution in [3.8, 4) is 0 Å². The zero-order valence-electron chi connectivity index (χ0n) is 11.2. The van der Waals surface area contributed by atoms with E-state index in [9.17, 15) is 4.79 Å². The van der Waals surface area contributed by atoms with Crippen molar-refractivity contribution < 1.29 is 9.53 Å². The number of hydrogen-bond acceptors (Lipinski definition) is 3. The molecule has 0 radical (unpaired) electrons. The van der Waals surface area contributed by atoms with E-state index in [-0.39, 0.29) is 18.1 Å². The topological polar surface area (TPSA) is 50.4 Å². The van der Waals surface area contributed by atoms with Crippen LogP contribution in [0.5, 0.6) is 0 Å². The minimum Gasteiger partial charge on any atom is -0.377 e. The van der Waals surface area contributed by atoms with Crippen molar-refractivity contribution >= 4 is 34.8 Å². The molecule has 0 aliphatic rings. The van der Waals surface area contributed by atoms with Crippen molar-refractivity contribution in [1.82, 2.24) is 5.32 Å². The molecule has 19 heavy (non-hydrogen) atoms. The highest BCUT2D eigenvalue weighted by molar-refractivity contribution is 6.39. The lowest BCUT2D eigenvalue weighted by Crippen LogP contribution is -2.40. The number of hydrogen-bond donors (Lipinski definition) is 2. The highest BCUT2D eigenvalue weighted by atomic mass is 35.5. The first kappa shape index (κ1) is 16.2. The molecule has 0 aromatic heterocycles. The Balaban J connectivity index is 2.48. The van der Waals surface area contributed by atoms with Gasteiger partial charge < -0.3 is 15.4 Å². The number of anilines is 1. The lowest BCUT2D eigenvalue weighted by molar-refractivity contribution is -0.115. The number of carbonyl (C=O) groups is 1. The number of halogens is 2. The number of carbonyl (C=O) groups excluding carboxylic acids is 1. The second-order valence-corrected chi connectivity index (χ2v) is 5.53. The van der Waals surface area contributed by atoms with Gasteiger partial charge in [0.05, 0.1) is 27.9 Å². The van der Waals surface area contributed by atoms with Gasteiger partial charge in [-0.3, -0.25) is 4.79 Å². The highest BCUT2D eigenvalue weighted by Gasteiger charge is 2.16. The summed E-state index contributed by atoms with van der Waals surface area (Å²) < 4.78 is 5.24. The molecule has 0 spiro atoms. The molecule has 0 bridgehead atoms. The Bertz CT molecular complexity index is 430. The van der Waals surface area contributed by atoms with Gasteiger partial charge in [0.2, 0.25) is 5.91 Å². The van der Waals surface area contributed by atoms with Gasteiger partial charge in [-0.05, 0) is 26.0 Å². The Labute approximate surface area is 123 Å². The molecule has 0 unspecified atom stereocenters. The zero-order valence-corrected chi connectivity index (χ0v) is 12.7. The minimum absolute atomic E-state index is 0.161. The summed E-state index contributed by atoms with van der Waals surface area (Å²) in [4.78, 5) is 11.8. The molecule has 0 aliphatic heterocycles. The van der Waals surface area contributed by atoms with Crippen LogP contribution in [0, 0.1) is 0 Å². The smallest absolute Gasteiger partial charge is 0.238 e. The highest BCUT2D eigenvalue weighted by Crippen LogP contribution is 2.29. The van der Waals surface area contributed by atoms with E-state index in [1.54, 1.807) is 25.3 Å². The summed E-state index contributed by atoms with van der Waals surface area (Å²) in [5.41, 5.74) is 0.117. The molecule has 0 saturated carbocycles. The van der Waals surface area contributed by atoms with Gasteiger partial charge in [-0.25, -0.2) is 0 Å². The molecule has 1 amide bonds. The molecule has 2 N–H and O–H groups in total. The maximum atomic E-state index is 11.8. The average Bonchev–Trinajstić information content (AvgIpc) is 2.34. The number of methoxy groups -OCH3 is 1. The summed E-state index contributed by atoms with van der Waals surface area (Å²) in [6.07, 6.45) is 0. The van der Waals surface area contributed by atoms with Crippen LogP contribution < -0.4 is 10.6 Å². The van der Waals surface area contributed by atoms with E-state index in [4.69, 9.17) is 27.9 Å². The van der Waals surface area contributed by atoms with Gasteiger partial charge in [-0.15, -0.1) is 0 Å². The molecule has 1 rings (SSSR count). The Morgan fingerprint density at radius 1 is 1.32 bits per heavy atom. The van der Waals surface area contributed by atoms with Crippen LogP contribution in [-0.4, -0.2) is 31.7 Å². The SMILES string of the molecule is COC(C)(C)CNCC(=O)Nc1c(Cl)cccc1Cl. The van der Waals surface area contributed by atoms with Crippen molar-refractivity contribution in [2.45, 2.75) is 19.4 Å². The molecule has 0 saturated heterocycles. The van der Waals surface area contributed by atoms with E-state index in [1.165, 1.54) is 0 Å². The van der Waals surface area contributed by atoms with Gasteiger partial charge in [-0.2, -0.15) is 0 Å². The van der Waals surface area contributed by atoms with Crippen LogP contribution in [0.1, 0.15) is 13.8 Å². The van der Waals surface area contributed by atoms with Gasteiger partial charge in [0.1, 0.15) is 0 Å². The largest absolute Gasteiger partial charge is 0.377 e. The van der Waals surface area contributed by atoms with Crippen LogP contribution in [0.2, 0.25) is 10.0 Å². The Hall–Kier alpha value is -0.810. The molecule has 6 heteroatoms. The van der Waals surface area contributed by atoms with Crippen molar-refractivity contribution in [3.05, 3.63) is 28.2 Å². The summed E-state index contributed by atoms with van der Waals surface area (Å²) in [6, 6.07) is 5.06. The fraction of sp³-hybridized carbons (Fsp3) is 0.462. The average molecular weight is 305 g/mol. The second kappa shape index (κ2) is 7.10. The van der Waals surface area contributed by atoms with Crippen molar-refractivity contribution in [2.75, 3.05) is 25.5 Å². The van der Waals surface area contributed by atoms with Crippen LogP contribution in [0.3, 0.4) is 0 Å². The maximum Gasteiger partial charge on any atom is 0.238 e. The number of nitrogens with one attached hydrogen (secondary N) is 2. The first-order valence-corrected chi connectivity index (χ1v) is 6.61. The Kier molecular flexibility index (Phi) is 6.07. The van der Waals surface area contributed by atoms with E-state index in [0.717, 1.165) is 0 Å². The first-order valence-electron chi connectivity index (χ1n) is 5.85. The van der Waals surface area contributed by atoms with E-state index in [1.807, 2.05) is 13.8 Å². The quantitative estimate of drug-likeness (QED) is 0.849. The number of para-hydroxylation sites is 1. The molecule has 1 aromatic rings. The molecular weight excluding hydrogens is 287 g/mol. The lowest BCUT2D eigenvalue weighted by Gasteiger charge is -2.23. The summed E-state index contributed by atoms with van der Waals surface area (Å²) in [5.74, 6) is -0.207. The summed E-state index contributed by atoms with van der Waals surface area (Å²) in [7, 11) is 1.63. The van der Waals surface area contributed by atoms with E-state index in [0.29, 0.717) is 22.3 Å². The molecule has 4 nitrogen and oxygen atoms in total. The van der Waals surface area contributed by atoms with Gasteiger partial charge >= 0.3 is 0 Å². The molecule has 1 aromatic carbocycles. The van der Waals surface area contributed by atoms with Crippen molar-refractivity contribution in [1.29, 1.82) is 0 Å². The van der Waals surface area contributed by atoms with E-state index in [2.05, 4.69) is 10.6 Å². The number of benzene rings is 1. The van der Waals surface area contributed by atoms with Crippen LogP contribution in [0.25, 0.3) is 0 Å².